The van der Waals surface area contributed by atoms with Crippen LogP contribution in [-0.4, -0.2) is 33.0 Å². The molecule has 0 aliphatic heterocycles. The van der Waals surface area contributed by atoms with Gasteiger partial charge in [0.1, 0.15) is 11.4 Å². The molecule has 20 heavy (non-hydrogen) atoms. The van der Waals surface area contributed by atoms with Crippen LogP contribution in [-0.2, 0) is 10.9 Å². The molecule has 0 fully saturated rings. The topological polar surface area (TPSA) is 77.9 Å². The van der Waals surface area contributed by atoms with Gasteiger partial charge in [0, 0.05) is 12.4 Å². The Morgan fingerprint density at radius 3 is 2.50 bits per heavy atom. The first-order valence-corrected chi connectivity index (χ1v) is 5.23. The Morgan fingerprint density at radius 2 is 1.95 bits per heavy atom. The van der Waals surface area contributed by atoms with Gasteiger partial charge in [-0.15, -0.1) is 0 Å². The van der Waals surface area contributed by atoms with Gasteiger partial charge in [-0.1, -0.05) is 0 Å². The van der Waals surface area contributed by atoms with Crippen LogP contribution in [0.2, 0.25) is 0 Å². The molecule has 0 aliphatic carbocycles. The van der Waals surface area contributed by atoms with Gasteiger partial charge in [-0.25, -0.2) is 14.8 Å². The van der Waals surface area contributed by atoms with E-state index in [2.05, 4.69) is 24.7 Å². The summed E-state index contributed by atoms with van der Waals surface area (Å²) in [4.78, 5) is 25.7. The molecular weight excluding hydrogens is 277 g/mol. The quantitative estimate of drug-likeness (QED) is 0.782. The third-order valence-electron chi connectivity index (χ3n) is 2.21. The van der Waals surface area contributed by atoms with E-state index in [-0.39, 0.29) is 11.4 Å². The molecule has 0 bridgehead atoms. The third kappa shape index (κ3) is 2.87. The number of esters is 1. The Morgan fingerprint density at radius 1 is 1.20 bits per heavy atom. The second kappa shape index (κ2) is 5.19. The van der Waals surface area contributed by atoms with Gasteiger partial charge in [0.2, 0.25) is 5.82 Å². The van der Waals surface area contributed by atoms with E-state index in [0.717, 1.165) is 7.11 Å². The van der Waals surface area contributed by atoms with Crippen molar-refractivity contribution in [3.8, 4) is 11.4 Å². The molecular formula is C11H7F3N4O2. The number of hydrogen-bond acceptors (Lipinski definition) is 6. The smallest absolute Gasteiger partial charge is 0.433 e. The van der Waals surface area contributed by atoms with Gasteiger partial charge >= 0.3 is 12.1 Å². The predicted octanol–water partition coefficient (Wildman–Crippen LogP) is 1.74. The first-order chi connectivity index (χ1) is 9.41. The zero-order valence-electron chi connectivity index (χ0n) is 10.0. The van der Waals surface area contributed by atoms with E-state index in [1.807, 2.05) is 0 Å². The highest BCUT2D eigenvalue weighted by molar-refractivity contribution is 5.85. The fraction of sp³-hybridized carbons (Fsp3) is 0.182. The average Bonchev–Trinajstić information content (AvgIpc) is 2.46. The molecule has 0 aromatic carbocycles. The van der Waals surface area contributed by atoms with Crippen molar-refractivity contribution >= 4 is 5.97 Å². The molecule has 2 heterocycles. The Hall–Kier alpha value is -2.58. The van der Waals surface area contributed by atoms with Crippen molar-refractivity contribution in [1.29, 1.82) is 0 Å². The highest BCUT2D eigenvalue weighted by atomic mass is 19.4. The molecule has 0 unspecified atom stereocenters. The van der Waals surface area contributed by atoms with Crippen LogP contribution in [0.4, 0.5) is 13.2 Å². The van der Waals surface area contributed by atoms with Crippen molar-refractivity contribution in [2.24, 2.45) is 0 Å². The van der Waals surface area contributed by atoms with Crippen LogP contribution >= 0.6 is 0 Å². The van der Waals surface area contributed by atoms with Crippen molar-refractivity contribution in [3.63, 3.8) is 0 Å². The lowest BCUT2D eigenvalue weighted by Crippen LogP contribution is -2.15. The molecule has 0 radical (unpaired) electrons. The molecule has 9 heteroatoms. The molecule has 2 rings (SSSR count). The molecule has 0 atom stereocenters. The maximum Gasteiger partial charge on any atom is 0.433 e. The minimum Gasteiger partial charge on any atom is -0.463 e. The van der Waals surface area contributed by atoms with Crippen molar-refractivity contribution in [1.82, 2.24) is 19.9 Å². The Kier molecular flexibility index (Phi) is 3.59. The lowest BCUT2D eigenvalue weighted by molar-refractivity contribution is -0.141. The molecule has 2 aromatic heterocycles. The number of nitrogens with zero attached hydrogens (tertiary/aromatic N) is 4. The average molecular weight is 284 g/mol. The van der Waals surface area contributed by atoms with Crippen molar-refractivity contribution < 1.29 is 22.7 Å². The maximum absolute atomic E-state index is 12.8. The van der Waals surface area contributed by atoms with E-state index in [4.69, 9.17) is 0 Å². The summed E-state index contributed by atoms with van der Waals surface area (Å²) in [5, 5.41) is 0. The summed E-state index contributed by atoms with van der Waals surface area (Å²) in [5.41, 5.74) is -1.33. The number of carbonyl (C=O) groups excluding carboxylic acids is 1. The minimum absolute atomic E-state index is 0.0885. The fourth-order valence-electron chi connectivity index (χ4n) is 1.34. The third-order valence-corrected chi connectivity index (χ3v) is 2.21. The van der Waals surface area contributed by atoms with Crippen LogP contribution < -0.4 is 0 Å². The van der Waals surface area contributed by atoms with Gasteiger partial charge in [-0.05, 0) is 6.07 Å². The summed E-state index contributed by atoms with van der Waals surface area (Å²) in [6.45, 7) is 0. The number of hydrogen-bond donors (Lipinski definition) is 0. The van der Waals surface area contributed by atoms with Gasteiger partial charge in [-0.2, -0.15) is 13.2 Å². The van der Waals surface area contributed by atoms with E-state index < -0.39 is 23.7 Å². The van der Waals surface area contributed by atoms with Crippen molar-refractivity contribution in [2.45, 2.75) is 6.18 Å². The minimum atomic E-state index is -4.72. The van der Waals surface area contributed by atoms with Gasteiger partial charge in [0.05, 0.1) is 19.0 Å². The Balaban J connectivity index is 2.60. The van der Waals surface area contributed by atoms with E-state index in [1.165, 1.54) is 18.6 Å². The first-order valence-electron chi connectivity index (χ1n) is 5.23. The lowest BCUT2D eigenvalue weighted by atomic mass is 10.2. The molecule has 0 saturated heterocycles. The van der Waals surface area contributed by atoms with E-state index >= 15 is 0 Å². The number of carbonyl (C=O) groups is 1. The van der Waals surface area contributed by atoms with Crippen molar-refractivity contribution in [2.75, 3.05) is 7.11 Å². The van der Waals surface area contributed by atoms with Gasteiger partial charge < -0.3 is 4.74 Å². The van der Waals surface area contributed by atoms with Gasteiger partial charge in [0.25, 0.3) is 0 Å². The number of rotatable bonds is 2. The largest absolute Gasteiger partial charge is 0.463 e. The predicted molar refractivity (Wildman–Crippen MR) is 59.4 cm³/mol. The molecule has 0 amide bonds. The van der Waals surface area contributed by atoms with Crippen LogP contribution in [0.15, 0.2) is 24.7 Å². The van der Waals surface area contributed by atoms with E-state index in [9.17, 15) is 18.0 Å². The SMILES string of the molecule is COC(=O)c1nc(-c2cnccn2)cc(C(F)(F)F)n1. The van der Waals surface area contributed by atoms with E-state index in [1.54, 1.807) is 0 Å². The highest BCUT2D eigenvalue weighted by Gasteiger charge is 2.34. The molecule has 0 aliphatic rings. The monoisotopic (exact) mass is 284 g/mol. The van der Waals surface area contributed by atoms with E-state index in [0.29, 0.717) is 6.07 Å². The zero-order chi connectivity index (χ0) is 14.8. The normalized spacial score (nSPS) is 11.2. The van der Waals surface area contributed by atoms with Gasteiger partial charge in [-0.3, -0.25) is 9.97 Å². The maximum atomic E-state index is 12.8. The summed E-state index contributed by atoms with van der Waals surface area (Å²) in [5.74, 6) is -1.76. The van der Waals surface area contributed by atoms with Crippen LogP contribution in [0, 0.1) is 0 Å². The first kappa shape index (κ1) is 13.8. The van der Waals surface area contributed by atoms with Gasteiger partial charge in [0.15, 0.2) is 0 Å². The van der Waals surface area contributed by atoms with Crippen molar-refractivity contribution in [3.05, 3.63) is 36.2 Å². The molecule has 0 saturated carbocycles. The Bertz CT molecular complexity index is 631. The molecule has 6 nitrogen and oxygen atoms in total. The Labute approximate surface area is 110 Å². The summed E-state index contributed by atoms with van der Waals surface area (Å²) >= 11 is 0. The highest BCUT2D eigenvalue weighted by Crippen LogP contribution is 2.29. The molecule has 0 N–H and O–H groups in total. The summed E-state index contributed by atoms with van der Waals surface area (Å²) in [6, 6.07) is 0.691. The second-order valence-corrected chi connectivity index (χ2v) is 3.54. The zero-order valence-corrected chi connectivity index (χ0v) is 10.0. The summed E-state index contributed by atoms with van der Waals surface area (Å²) in [7, 11) is 1.02. The standard InChI is InChI=1S/C11H7F3N4O2/c1-20-10(19)9-17-6(7-5-15-2-3-16-7)4-8(18-9)11(12,13)14/h2-5H,1H3. The molecule has 0 spiro atoms. The van der Waals surface area contributed by atoms with Crippen LogP contribution in [0.25, 0.3) is 11.4 Å². The second-order valence-electron chi connectivity index (χ2n) is 3.54. The fourth-order valence-corrected chi connectivity index (χ4v) is 1.34. The number of methoxy groups -OCH3 is 1. The van der Waals surface area contributed by atoms with Crippen LogP contribution in [0.5, 0.6) is 0 Å². The number of alkyl halides is 3. The summed E-state index contributed by atoms with van der Waals surface area (Å²) in [6.07, 6.45) is -0.842. The number of halogens is 3. The lowest BCUT2D eigenvalue weighted by Gasteiger charge is -2.09. The van der Waals surface area contributed by atoms with Crippen LogP contribution in [0.1, 0.15) is 16.3 Å². The summed E-state index contributed by atoms with van der Waals surface area (Å²) < 4.78 is 42.6. The molecule has 2 aromatic rings. The molecule has 104 valence electrons. The van der Waals surface area contributed by atoms with Crippen LogP contribution in [0.3, 0.4) is 0 Å². The number of ether oxygens (including phenoxy) is 1. The number of aromatic nitrogens is 4.